The molecule has 0 N–H and O–H groups in total. The lowest BCUT2D eigenvalue weighted by Gasteiger charge is -2.31. The fourth-order valence-electron chi connectivity index (χ4n) is 1.85. The van der Waals surface area contributed by atoms with Crippen molar-refractivity contribution in [1.29, 1.82) is 0 Å². The molecular formula is C14H21BrFN. The van der Waals surface area contributed by atoms with Crippen LogP contribution in [0.15, 0.2) is 18.2 Å². The second-order valence-corrected chi connectivity index (χ2v) is 5.62. The van der Waals surface area contributed by atoms with E-state index < -0.39 is 0 Å². The van der Waals surface area contributed by atoms with Crippen LogP contribution in [0, 0.1) is 11.7 Å². The zero-order chi connectivity index (χ0) is 13.0. The Kier molecular flexibility index (Phi) is 5.44. The first-order valence-electron chi connectivity index (χ1n) is 6.06. The summed E-state index contributed by atoms with van der Waals surface area (Å²) in [4.78, 5) is 2.12. The third-order valence-electron chi connectivity index (χ3n) is 2.66. The number of anilines is 1. The Hall–Kier alpha value is -0.570. The van der Waals surface area contributed by atoms with Gasteiger partial charge in [0.15, 0.2) is 0 Å². The summed E-state index contributed by atoms with van der Waals surface area (Å²) in [7, 11) is 0. The van der Waals surface area contributed by atoms with Crippen LogP contribution in [0.25, 0.3) is 0 Å². The van der Waals surface area contributed by atoms with Crippen LogP contribution in [0.5, 0.6) is 0 Å². The highest BCUT2D eigenvalue weighted by molar-refractivity contribution is 9.08. The molecule has 0 bridgehead atoms. The van der Waals surface area contributed by atoms with Gasteiger partial charge in [0.25, 0.3) is 0 Å². The molecule has 0 aliphatic carbocycles. The molecule has 1 aromatic carbocycles. The molecular weight excluding hydrogens is 281 g/mol. The summed E-state index contributed by atoms with van der Waals surface area (Å²) in [5.41, 5.74) is 1.68. The van der Waals surface area contributed by atoms with Crippen LogP contribution in [0.4, 0.5) is 10.1 Å². The lowest BCUT2D eigenvalue weighted by atomic mass is 10.1. The maximum Gasteiger partial charge on any atom is 0.146 e. The predicted molar refractivity (Wildman–Crippen MR) is 76.4 cm³/mol. The normalized spacial score (nSPS) is 11.3. The quantitative estimate of drug-likeness (QED) is 0.719. The molecule has 0 atom stereocenters. The van der Waals surface area contributed by atoms with Crippen LogP contribution in [-0.2, 0) is 5.33 Å². The molecule has 0 spiro atoms. The molecule has 17 heavy (non-hydrogen) atoms. The van der Waals surface area contributed by atoms with E-state index in [4.69, 9.17) is 0 Å². The van der Waals surface area contributed by atoms with Crippen LogP contribution in [0.1, 0.15) is 33.3 Å². The SMILES string of the molecule is CC(C)CN(c1ccc(CBr)cc1F)C(C)C. The Bertz CT molecular complexity index is 363. The van der Waals surface area contributed by atoms with E-state index in [9.17, 15) is 4.39 Å². The highest BCUT2D eigenvalue weighted by Gasteiger charge is 2.16. The molecule has 3 heteroatoms. The zero-order valence-corrected chi connectivity index (χ0v) is 12.6. The van der Waals surface area contributed by atoms with Crippen LogP contribution in [-0.4, -0.2) is 12.6 Å². The highest BCUT2D eigenvalue weighted by Crippen LogP contribution is 2.24. The molecule has 0 saturated heterocycles. The third kappa shape index (κ3) is 3.98. The van der Waals surface area contributed by atoms with Gasteiger partial charge in [-0.15, -0.1) is 0 Å². The Balaban J connectivity index is 3.01. The molecule has 1 nitrogen and oxygen atoms in total. The van der Waals surface area contributed by atoms with Crippen molar-refractivity contribution in [3.05, 3.63) is 29.6 Å². The van der Waals surface area contributed by atoms with E-state index in [-0.39, 0.29) is 5.82 Å². The van der Waals surface area contributed by atoms with Crippen LogP contribution in [0.3, 0.4) is 0 Å². The molecule has 1 aromatic rings. The van der Waals surface area contributed by atoms with Crippen molar-refractivity contribution >= 4 is 21.6 Å². The minimum absolute atomic E-state index is 0.128. The number of alkyl halides is 1. The summed E-state index contributed by atoms with van der Waals surface area (Å²) in [6.45, 7) is 9.38. The second kappa shape index (κ2) is 6.39. The van der Waals surface area contributed by atoms with Gasteiger partial charge in [0.2, 0.25) is 0 Å². The van der Waals surface area contributed by atoms with E-state index in [0.29, 0.717) is 23.0 Å². The van der Waals surface area contributed by atoms with Crippen molar-refractivity contribution in [1.82, 2.24) is 0 Å². The minimum atomic E-state index is -0.128. The first-order chi connectivity index (χ1) is 7.95. The van der Waals surface area contributed by atoms with Gasteiger partial charge in [-0.05, 0) is 37.5 Å². The third-order valence-corrected chi connectivity index (χ3v) is 3.31. The van der Waals surface area contributed by atoms with Gasteiger partial charge in [0, 0.05) is 17.9 Å². The minimum Gasteiger partial charge on any atom is -0.366 e. The number of hydrogen-bond acceptors (Lipinski definition) is 1. The van der Waals surface area contributed by atoms with Gasteiger partial charge in [-0.1, -0.05) is 35.8 Å². The molecule has 0 unspecified atom stereocenters. The van der Waals surface area contributed by atoms with Gasteiger partial charge >= 0.3 is 0 Å². The number of nitrogens with zero attached hydrogens (tertiary/aromatic N) is 1. The summed E-state index contributed by atoms with van der Waals surface area (Å²) in [6.07, 6.45) is 0. The van der Waals surface area contributed by atoms with Gasteiger partial charge in [0.05, 0.1) is 5.69 Å². The number of rotatable bonds is 5. The van der Waals surface area contributed by atoms with Gasteiger partial charge in [-0.3, -0.25) is 0 Å². The first kappa shape index (κ1) is 14.5. The van der Waals surface area contributed by atoms with Crippen LogP contribution < -0.4 is 4.90 Å². The molecule has 1 rings (SSSR count). The van der Waals surface area contributed by atoms with Gasteiger partial charge in [0.1, 0.15) is 5.82 Å². The molecule has 0 saturated carbocycles. The average Bonchev–Trinajstić information content (AvgIpc) is 2.25. The zero-order valence-electron chi connectivity index (χ0n) is 11.0. The van der Waals surface area contributed by atoms with E-state index in [2.05, 4.69) is 48.5 Å². The van der Waals surface area contributed by atoms with Crippen molar-refractivity contribution in [3.63, 3.8) is 0 Å². The Labute approximate surface area is 112 Å². The number of hydrogen-bond donors (Lipinski definition) is 0. The molecule has 0 fully saturated rings. The topological polar surface area (TPSA) is 3.24 Å². The lowest BCUT2D eigenvalue weighted by molar-refractivity contribution is 0.549. The Morgan fingerprint density at radius 3 is 2.29 bits per heavy atom. The van der Waals surface area contributed by atoms with Gasteiger partial charge in [-0.2, -0.15) is 0 Å². The predicted octanol–water partition coefficient (Wildman–Crippen LogP) is 4.59. The van der Waals surface area contributed by atoms with E-state index in [1.165, 1.54) is 0 Å². The fourth-order valence-corrected chi connectivity index (χ4v) is 2.20. The van der Waals surface area contributed by atoms with Crippen LogP contribution in [0.2, 0.25) is 0 Å². The van der Waals surface area contributed by atoms with Crippen molar-refractivity contribution in [2.75, 3.05) is 11.4 Å². The standard InChI is InChI=1S/C14H21BrFN/c1-10(2)9-17(11(3)4)14-6-5-12(8-15)7-13(14)16/h5-7,10-11H,8-9H2,1-4H3. The van der Waals surface area contributed by atoms with E-state index in [1.54, 1.807) is 6.07 Å². The first-order valence-corrected chi connectivity index (χ1v) is 7.18. The fraction of sp³-hybridized carbons (Fsp3) is 0.571. The van der Waals surface area contributed by atoms with Crippen molar-refractivity contribution in [2.45, 2.75) is 39.1 Å². The van der Waals surface area contributed by atoms with Gasteiger partial charge < -0.3 is 4.90 Å². The van der Waals surface area contributed by atoms with E-state index in [1.807, 2.05) is 12.1 Å². The van der Waals surface area contributed by atoms with E-state index in [0.717, 1.165) is 12.1 Å². The highest BCUT2D eigenvalue weighted by atomic mass is 79.9. The maximum atomic E-state index is 14.0. The summed E-state index contributed by atoms with van der Waals surface area (Å²) >= 11 is 3.34. The van der Waals surface area contributed by atoms with Crippen LogP contribution >= 0.6 is 15.9 Å². The summed E-state index contributed by atoms with van der Waals surface area (Å²) in [6, 6.07) is 5.78. The van der Waals surface area contributed by atoms with Crippen molar-refractivity contribution in [2.24, 2.45) is 5.92 Å². The molecule has 0 aliphatic rings. The Morgan fingerprint density at radius 2 is 1.88 bits per heavy atom. The number of benzene rings is 1. The van der Waals surface area contributed by atoms with E-state index >= 15 is 0 Å². The molecule has 0 heterocycles. The summed E-state index contributed by atoms with van der Waals surface area (Å²) in [5, 5.41) is 0.691. The molecule has 96 valence electrons. The summed E-state index contributed by atoms with van der Waals surface area (Å²) < 4.78 is 14.0. The molecule has 0 aliphatic heterocycles. The van der Waals surface area contributed by atoms with Crippen molar-refractivity contribution in [3.8, 4) is 0 Å². The average molecular weight is 302 g/mol. The maximum absolute atomic E-state index is 14.0. The largest absolute Gasteiger partial charge is 0.366 e. The molecule has 0 radical (unpaired) electrons. The molecule has 0 aromatic heterocycles. The number of halogens is 2. The smallest absolute Gasteiger partial charge is 0.146 e. The molecule has 0 amide bonds. The second-order valence-electron chi connectivity index (χ2n) is 5.06. The van der Waals surface area contributed by atoms with Gasteiger partial charge in [-0.25, -0.2) is 4.39 Å². The lowest BCUT2D eigenvalue weighted by Crippen LogP contribution is -2.34. The Morgan fingerprint density at radius 1 is 1.24 bits per heavy atom. The summed E-state index contributed by atoms with van der Waals surface area (Å²) in [5.74, 6) is 0.393. The van der Waals surface area contributed by atoms with Crippen molar-refractivity contribution < 1.29 is 4.39 Å². The monoisotopic (exact) mass is 301 g/mol.